The quantitative estimate of drug-likeness (QED) is 0.832. The Morgan fingerprint density at radius 3 is 2.56 bits per heavy atom. The molecule has 0 saturated heterocycles. The topological polar surface area (TPSA) is 63.3 Å². The molecule has 0 radical (unpaired) electrons. The van der Waals surface area contributed by atoms with Crippen molar-refractivity contribution in [1.82, 2.24) is 0 Å². The summed E-state index contributed by atoms with van der Waals surface area (Å²) in [5, 5.41) is 8.52. The van der Waals surface area contributed by atoms with Crippen LogP contribution in [-0.4, -0.2) is 17.1 Å². The van der Waals surface area contributed by atoms with Crippen molar-refractivity contribution in [2.75, 3.05) is 0 Å². The van der Waals surface area contributed by atoms with Crippen LogP contribution in [0.4, 0.5) is 13.2 Å². The number of rotatable bonds is 4. The van der Waals surface area contributed by atoms with E-state index < -0.39 is 24.3 Å². The Balaban J connectivity index is 2.94. The zero-order chi connectivity index (χ0) is 12.3. The van der Waals surface area contributed by atoms with Gasteiger partial charge in [-0.1, -0.05) is 6.07 Å². The summed E-state index contributed by atoms with van der Waals surface area (Å²) in [5.74, 6) is -2.04. The van der Waals surface area contributed by atoms with Crippen LogP contribution in [0.2, 0.25) is 0 Å². The maximum Gasteiger partial charge on any atom is 0.320 e. The van der Waals surface area contributed by atoms with E-state index in [1.54, 1.807) is 0 Å². The fourth-order valence-corrected chi connectivity index (χ4v) is 1.21. The molecule has 1 aromatic carbocycles. The zero-order valence-corrected chi connectivity index (χ0v) is 8.16. The van der Waals surface area contributed by atoms with Gasteiger partial charge in [0.1, 0.15) is 11.9 Å². The SMILES string of the molecule is NC(Cc1cc(C(F)F)ccc1F)C(=O)O. The van der Waals surface area contributed by atoms with Gasteiger partial charge in [0.2, 0.25) is 0 Å². The predicted octanol–water partition coefficient (Wildman–Crippen LogP) is 1.72. The van der Waals surface area contributed by atoms with Crippen LogP contribution in [-0.2, 0) is 11.2 Å². The van der Waals surface area contributed by atoms with Gasteiger partial charge in [0.25, 0.3) is 6.43 Å². The number of benzene rings is 1. The maximum absolute atomic E-state index is 13.2. The molecule has 3 nitrogen and oxygen atoms in total. The minimum atomic E-state index is -2.72. The zero-order valence-electron chi connectivity index (χ0n) is 8.16. The van der Waals surface area contributed by atoms with Crippen LogP contribution >= 0.6 is 0 Å². The van der Waals surface area contributed by atoms with Gasteiger partial charge >= 0.3 is 5.97 Å². The van der Waals surface area contributed by atoms with E-state index >= 15 is 0 Å². The molecule has 1 aromatic rings. The second-order valence-corrected chi connectivity index (χ2v) is 3.30. The van der Waals surface area contributed by atoms with Gasteiger partial charge in [-0.15, -0.1) is 0 Å². The number of carboxylic acid groups (broad SMARTS) is 1. The minimum absolute atomic E-state index is 0.118. The Morgan fingerprint density at radius 2 is 2.06 bits per heavy atom. The number of alkyl halides is 2. The van der Waals surface area contributed by atoms with E-state index in [4.69, 9.17) is 10.8 Å². The highest BCUT2D eigenvalue weighted by Crippen LogP contribution is 2.21. The highest BCUT2D eigenvalue weighted by atomic mass is 19.3. The largest absolute Gasteiger partial charge is 0.480 e. The Kier molecular flexibility index (Phi) is 3.89. The molecule has 0 aliphatic heterocycles. The van der Waals surface area contributed by atoms with E-state index in [0.29, 0.717) is 0 Å². The lowest BCUT2D eigenvalue weighted by Crippen LogP contribution is -2.32. The lowest BCUT2D eigenvalue weighted by molar-refractivity contribution is -0.138. The van der Waals surface area contributed by atoms with E-state index in [1.165, 1.54) is 0 Å². The van der Waals surface area contributed by atoms with Crippen LogP contribution in [0.25, 0.3) is 0 Å². The van der Waals surface area contributed by atoms with Crippen molar-refractivity contribution in [3.05, 3.63) is 35.1 Å². The maximum atomic E-state index is 13.2. The molecule has 0 aliphatic carbocycles. The van der Waals surface area contributed by atoms with Gasteiger partial charge in [-0.2, -0.15) is 0 Å². The molecule has 16 heavy (non-hydrogen) atoms. The number of nitrogens with two attached hydrogens (primary N) is 1. The lowest BCUT2D eigenvalue weighted by atomic mass is 10.0. The van der Waals surface area contributed by atoms with E-state index in [2.05, 4.69) is 0 Å². The first-order chi connectivity index (χ1) is 7.41. The number of hydrogen-bond acceptors (Lipinski definition) is 2. The fourth-order valence-electron chi connectivity index (χ4n) is 1.21. The van der Waals surface area contributed by atoms with Gasteiger partial charge in [0.05, 0.1) is 0 Å². The Bertz CT molecular complexity index is 396. The van der Waals surface area contributed by atoms with Crippen LogP contribution in [0.5, 0.6) is 0 Å². The molecule has 0 heterocycles. The normalized spacial score (nSPS) is 12.8. The molecule has 1 unspecified atom stereocenters. The van der Waals surface area contributed by atoms with E-state index in [9.17, 15) is 18.0 Å². The highest BCUT2D eigenvalue weighted by Gasteiger charge is 2.17. The molecule has 0 spiro atoms. The Morgan fingerprint density at radius 1 is 1.44 bits per heavy atom. The van der Waals surface area contributed by atoms with Gasteiger partial charge in [-0.25, -0.2) is 13.2 Å². The van der Waals surface area contributed by atoms with Gasteiger partial charge < -0.3 is 10.8 Å². The molecule has 0 aliphatic rings. The Labute approximate surface area is 89.7 Å². The van der Waals surface area contributed by atoms with Crippen LogP contribution in [0.15, 0.2) is 18.2 Å². The van der Waals surface area contributed by atoms with Crippen molar-refractivity contribution < 1.29 is 23.1 Å². The lowest BCUT2D eigenvalue weighted by Gasteiger charge is -2.09. The molecule has 0 fully saturated rings. The van der Waals surface area contributed by atoms with Crippen molar-refractivity contribution in [3.8, 4) is 0 Å². The van der Waals surface area contributed by atoms with Gasteiger partial charge in [-0.3, -0.25) is 4.79 Å². The highest BCUT2D eigenvalue weighted by molar-refractivity contribution is 5.73. The molecule has 6 heteroatoms. The monoisotopic (exact) mass is 233 g/mol. The molecule has 88 valence electrons. The van der Waals surface area contributed by atoms with Crippen molar-refractivity contribution in [3.63, 3.8) is 0 Å². The first-order valence-electron chi connectivity index (χ1n) is 4.46. The average molecular weight is 233 g/mol. The van der Waals surface area contributed by atoms with E-state index in [-0.39, 0.29) is 17.5 Å². The summed E-state index contributed by atoms with van der Waals surface area (Å²) in [6.45, 7) is 0. The summed E-state index contributed by atoms with van der Waals surface area (Å²) >= 11 is 0. The molecule has 0 saturated carbocycles. The predicted molar refractivity (Wildman–Crippen MR) is 50.7 cm³/mol. The van der Waals surface area contributed by atoms with Gasteiger partial charge in [0, 0.05) is 12.0 Å². The molecular weight excluding hydrogens is 223 g/mol. The van der Waals surface area contributed by atoms with Gasteiger partial charge in [0.15, 0.2) is 0 Å². The molecule has 1 rings (SSSR count). The molecule has 0 bridgehead atoms. The second-order valence-electron chi connectivity index (χ2n) is 3.30. The van der Waals surface area contributed by atoms with E-state index in [1.807, 2.05) is 0 Å². The van der Waals surface area contributed by atoms with Crippen molar-refractivity contribution in [1.29, 1.82) is 0 Å². The summed E-state index contributed by atoms with van der Waals surface area (Å²) in [4.78, 5) is 10.4. The molecule has 0 aromatic heterocycles. The van der Waals surface area contributed by atoms with Crippen LogP contribution in [0, 0.1) is 5.82 Å². The first kappa shape index (κ1) is 12.5. The minimum Gasteiger partial charge on any atom is -0.480 e. The number of carboxylic acids is 1. The second kappa shape index (κ2) is 4.98. The van der Waals surface area contributed by atoms with Crippen LogP contribution < -0.4 is 5.73 Å². The first-order valence-corrected chi connectivity index (χ1v) is 4.46. The third kappa shape index (κ3) is 2.96. The van der Waals surface area contributed by atoms with E-state index in [0.717, 1.165) is 18.2 Å². The number of hydrogen-bond donors (Lipinski definition) is 2. The molecule has 3 N–H and O–H groups in total. The summed E-state index contributed by atoms with van der Waals surface area (Å²) in [6.07, 6.45) is -3.04. The Hall–Kier alpha value is -1.56. The van der Waals surface area contributed by atoms with Crippen molar-refractivity contribution >= 4 is 5.97 Å². The molecule has 1 atom stereocenters. The fraction of sp³-hybridized carbons (Fsp3) is 0.300. The number of halogens is 3. The van der Waals surface area contributed by atoms with Crippen LogP contribution in [0.3, 0.4) is 0 Å². The molecular formula is C10H10F3NO2. The third-order valence-electron chi connectivity index (χ3n) is 2.08. The molecule has 0 amide bonds. The average Bonchev–Trinajstić information content (AvgIpc) is 2.20. The van der Waals surface area contributed by atoms with Crippen LogP contribution in [0.1, 0.15) is 17.6 Å². The standard InChI is InChI=1S/C10H10F3NO2/c11-7-2-1-5(9(12)13)3-6(7)4-8(14)10(15)16/h1-3,8-9H,4,14H2,(H,15,16). The van der Waals surface area contributed by atoms with Crippen molar-refractivity contribution in [2.24, 2.45) is 5.73 Å². The van der Waals surface area contributed by atoms with Gasteiger partial charge in [-0.05, 0) is 17.7 Å². The summed E-state index contributed by atoms with van der Waals surface area (Å²) in [7, 11) is 0. The summed E-state index contributed by atoms with van der Waals surface area (Å²) in [6, 6.07) is 1.46. The third-order valence-corrected chi connectivity index (χ3v) is 2.08. The van der Waals surface area contributed by atoms with Crippen molar-refractivity contribution in [2.45, 2.75) is 18.9 Å². The smallest absolute Gasteiger partial charge is 0.320 e. The number of aliphatic carboxylic acids is 1. The summed E-state index contributed by atoms with van der Waals surface area (Å²) < 4.78 is 37.8. The summed E-state index contributed by atoms with van der Waals surface area (Å²) in [5.41, 5.74) is 4.72. The number of carbonyl (C=O) groups is 1.